The lowest BCUT2D eigenvalue weighted by molar-refractivity contribution is -0.134. The molecule has 1 saturated heterocycles. The van der Waals surface area contributed by atoms with Crippen molar-refractivity contribution in [2.24, 2.45) is 0 Å². The number of allylic oxidation sites excluding steroid dienone is 3. The average molecular weight is 150 g/mol. The predicted octanol–water partition coefficient (Wildman–Crippen LogP) is 1.60. The van der Waals surface area contributed by atoms with E-state index in [1.807, 2.05) is 6.92 Å². The minimum absolute atomic E-state index is 0.236. The lowest BCUT2D eigenvalue weighted by Gasteiger charge is -1.89. The van der Waals surface area contributed by atoms with Crippen LogP contribution in [0.3, 0.4) is 0 Å². The summed E-state index contributed by atoms with van der Waals surface area (Å²) < 4.78 is 4.80. The predicted molar refractivity (Wildman–Crippen MR) is 43.0 cm³/mol. The normalized spacial score (nSPS) is 24.3. The van der Waals surface area contributed by atoms with Crippen LogP contribution < -0.4 is 0 Å². The van der Waals surface area contributed by atoms with Crippen molar-refractivity contribution < 1.29 is 9.53 Å². The summed E-state index contributed by atoms with van der Waals surface area (Å²) in [6.45, 7) is 5.75. The first kappa shape index (κ1) is 7.79. The van der Waals surface area contributed by atoms with Crippen molar-refractivity contribution in [1.82, 2.24) is 0 Å². The third-order valence-electron chi connectivity index (χ3n) is 1.53. The maximum atomic E-state index is 10.9. The van der Waals surface area contributed by atoms with Gasteiger partial charge in [0.1, 0.15) is 6.61 Å². The molecule has 1 rings (SSSR count). The van der Waals surface area contributed by atoms with Crippen molar-refractivity contribution in [3.63, 3.8) is 0 Å². The maximum absolute atomic E-state index is 10.9. The Morgan fingerprint density at radius 2 is 2.36 bits per heavy atom. The zero-order valence-corrected chi connectivity index (χ0v) is 6.46. The van der Waals surface area contributed by atoms with Gasteiger partial charge in [-0.05, 0) is 6.92 Å². The van der Waals surface area contributed by atoms with Gasteiger partial charge in [0, 0.05) is 5.57 Å². The van der Waals surface area contributed by atoms with Crippen LogP contribution in [0.5, 0.6) is 0 Å². The summed E-state index contributed by atoms with van der Waals surface area (Å²) in [6.07, 6.45) is 5.20. The number of ether oxygens (including phenoxy) is 1. The second-order valence-electron chi connectivity index (χ2n) is 2.21. The lowest BCUT2D eigenvalue weighted by atomic mass is 10.1. The van der Waals surface area contributed by atoms with Gasteiger partial charge in [0.2, 0.25) is 0 Å². The molecule has 0 aromatic carbocycles. The van der Waals surface area contributed by atoms with E-state index in [9.17, 15) is 4.79 Å². The van der Waals surface area contributed by atoms with E-state index in [-0.39, 0.29) is 5.97 Å². The molecule has 0 N–H and O–H groups in total. The molecule has 11 heavy (non-hydrogen) atoms. The molecule has 2 heteroatoms. The van der Waals surface area contributed by atoms with Crippen molar-refractivity contribution in [2.45, 2.75) is 6.92 Å². The molecule has 0 aliphatic carbocycles. The third kappa shape index (κ3) is 1.40. The van der Waals surface area contributed by atoms with Gasteiger partial charge < -0.3 is 4.74 Å². The molecule has 0 unspecified atom stereocenters. The highest BCUT2D eigenvalue weighted by Gasteiger charge is 2.22. The van der Waals surface area contributed by atoms with Crippen LogP contribution in [0.15, 0.2) is 36.0 Å². The highest BCUT2D eigenvalue weighted by atomic mass is 16.5. The smallest absolute Gasteiger partial charge is 0.338 e. The fourth-order valence-electron chi connectivity index (χ4n) is 1.01. The standard InChI is InChI=1S/C9H10O2/c1-3-5-7-6-11-9(10)8(7)4-2/h3-5H,1,6H2,2H3/b7-5-,8-4+. The van der Waals surface area contributed by atoms with Crippen LogP contribution in [-0.4, -0.2) is 12.6 Å². The molecule has 2 nitrogen and oxygen atoms in total. The lowest BCUT2D eigenvalue weighted by Crippen LogP contribution is -1.93. The molecular weight excluding hydrogens is 140 g/mol. The first-order chi connectivity index (χ1) is 5.29. The van der Waals surface area contributed by atoms with E-state index in [0.29, 0.717) is 12.2 Å². The number of carbonyl (C=O) groups is 1. The van der Waals surface area contributed by atoms with E-state index < -0.39 is 0 Å². The van der Waals surface area contributed by atoms with E-state index in [0.717, 1.165) is 5.57 Å². The number of hydrogen-bond donors (Lipinski definition) is 0. The Bertz CT molecular complexity index is 246. The maximum Gasteiger partial charge on any atom is 0.338 e. The fourth-order valence-corrected chi connectivity index (χ4v) is 1.01. The topological polar surface area (TPSA) is 26.3 Å². The first-order valence-corrected chi connectivity index (χ1v) is 3.45. The Labute approximate surface area is 65.9 Å². The van der Waals surface area contributed by atoms with Gasteiger partial charge in [0.15, 0.2) is 0 Å². The zero-order valence-electron chi connectivity index (χ0n) is 6.46. The Kier molecular flexibility index (Phi) is 2.26. The molecule has 0 atom stereocenters. The van der Waals surface area contributed by atoms with Gasteiger partial charge in [0.05, 0.1) is 5.57 Å². The highest BCUT2D eigenvalue weighted by Crippen LogP contribution is 2.19. The first-order valence-electron chi connectivity index (χ1n) is 3.45. The SMILES string of the molecule is C=C/C=C1/COC(=O)/C1=C/C. The molecule has 1 fully saturated rings. The van der Waals surface area contributed by atoms with Crippen molar-refractivity contribution >= 4 is 5.97 Å². The van der Waals surface area contributed by atoms with Gasteiger partial charge in [0.25, 0.3) is 0 Å². The van der Waals surface area contributed by atoms with Crippen LogP contribution >= 0.6 is 0 Å². The minimum atomic E-state index is -0.236. The molecule has 0 spiro atoms. The van der Waals surface area contributed by atoms with Gasteiger partial charge in [-0.1, -0.05) is 24.8 Å². The molecule has 1 heterocycles. The Morgan fingerprint density at radius 3 is 2.91 bits per heavy atom. The van der Waals surface area contributed by atoms with E-state index in [4.69, 9.17) is 4.74 Å². The van der Waals surface area contributed by atoms with Crippen molar-refractivity contribution in [3.8, 4) is 0 Å². The number of rotatable bonds is 1. The molecule has 0 aromatic rings. The summed E-state index contributed by atoms with van der Waals surface area (Å²) in [5, 5.41) is 0. The van der Waals surface area contributed by atoms with Gasteiger partial charge in [-0.2, -0.15) is 0 Å². The summed E-state index contributed by atoms with van der Waals surface area (Å²) in [5.74, 6) is -0.236. The van der Waals surface area contributed by atoms with Gasteiger partial charge in [-0.25, -0.2) is 4.79 Å². The second-order valence-corrected chi connectivity index (χ2v) is 2.21. The number of esters is 1. The van der Waals surface area contributed by atoms with Gasteiger partial charge in [-0.15, -0.1) is 0 Å². The molecule has 1 aliphatic heterocycles. The third-order valence-corrected chi connectivity index (χ3v) is 1.53. The van der Waals surface area contributed by atoms with Gasteiger partial charge in [-0.3, -0.25) is 0 Å². The van der Waals surface area contributed by atoms with Crippen LogP contribution in [0.1, 0.15) is 6.92 Å². The quantitative estimate of drug-likeness (QED) is 0.419. The Hall–Kier alpha value is -1.31. The monoisotopic (exact) mass is 150 g/mol. The second kappa shape index (κ2) is 3.19. The Balaban J connectivity index is 2.95. The summed E-state index contributed by atoms with van der Waals surface area (Å²) in [4.78, 5) is 10.9. The highest BCUT2D eigenvalue weighted by molar-refractivity contribution is 5.96. The van der Waals surface area contributed by atoms with Crippen LogP contribution in [0.2, 0.25) is 0 Å². The van der Waals surface area contributed by atoms with Crippen LogP contribution in [-0.2, 0) is 9.53 Å². The van der Waals surface area contributed by atoms with Crippen molar-refractivity contribution in [2.75, 3.05) is 6.61 Å². The molecular formula is C9H10O2. The summed E-state index contributed by atoms with van der Waals surface area (Å²) >= 11 is 0. The summed E-state index contributed by atoms with van der Waals surface area (Å²) in [7, 11) is 0. The van der Waals surface area contributed by atoms with Crippen molar-refractivity contribution in [3.05, 3.63) is 36.0 Å². The zero-order chi connectivity index (χ0) is 8.27. The van der Waals surface area contributed by atoms with Crippen LogP contribution in [0.25, 0.3) is 0 Å². The van der Waals surface area contributed by atoms with E-state index in [1.165, 1.54) is 0 Å². The molecule has 0 saturated carbocycles. The minimum Gasteiger partial charge on any atom is -0.457 e. The molecule has 58 valence electrons. The number of cyclic esters (lactones) is 1. The van der Waals surface area contributed by atoms with Crippen LogP contribution in [0.4, 0.5) is 0 Å². The molecule has 1 aliphatic rings. The van der Waals surface area contributed by atoms with Crippen LogP contribution in [0, 0.1) is 0 Å². The van der Waals surface area contributed by atoms with Crippen molar-refractivity contribution in [1.29, 1.82) is 0 Å². The fraction of sp³-hybridized carbons (Fsp3) is 0.222. The largest absolute Gasteiger partial charge is 0.457 e. The summed E-state index contributed by atoms with van der Waals surface area (Å²) in [5.41, 5.74) is 1.57. The molecule has 0 bridgehead atoms. The number of hydrogen-bond acceptors (Lipinski definition) is 2. The molecule has 0 amide bonds. The van der Waals surface area contributed by atoms with E-state index in [1.54, 1.807) is 18.2 Å². The van der Waals surface area contributed by atoms with Gasteiger partial charge >= 0.3 is 5.97 Å². The molecule has 0 radical (unpaired) electrons. The molecule has 0 aromatic heterocycles. The Morgan fingerprint density at radius 1 is 1.64 bits per heavy atom. The average Bonchev–Trinajstić information content (AvgIpc) is 2.33. The number of carbonyl (C=O) groups excluding carboxylic acids is 1. The summed E-state index contributed by atoms with van der Waals surface area (Å²) in [6, 6.07) is 0. The van der Waals surface area contributed by atoms with E-state index >= 15 is 0 Å². The van der Waals surface area contributed by atoms with E-state index in [2.05, 4.69) is 6.58 Å².